The summed E-state index contributed by atoms with van der Waals surface area (Å²) in [6.07, 6.45) is 6.55. The molecule has 78 valence electrons. The van der Waals surface area contributed by atoms with Crippen molar-refractivity contribution in [3.05, 3.63) is 10.4 Å². The van der Waals surface area contributed by atoms with Crippen molar-refractivity contribution in [2.75, 3.05) is 19.6 Å². The molecule has 0 amide bonds. The fourth-order valence-corrected chi connectivity index (χ4v) is 2.93. The van der Waals surface area contributed by atoms with Crippen molar-refractivity contribution < 1.29 is 0 Å². The maximum absolute atomic E-state index is 8.34. The van der Waals surface area contributed by atoms with E-state index in [9.17, 15) is 0 Å². The molecule has 2 aliphatic heterocycles. The third-order valence-electron chi connectivity index (χ3n) is 3.61. The molecule has 0 aliphatic carbocycles. The average Bonchev–Trinajstić information content (AvgIpc) is 2.26. The molecular weight excluding hydrogens is 176 g/mol. The number of nitrogens with zero attached hydrogens (tertiary/aromatic N) is 4. The van der Waals surface area contributed by atoms with Crippen LogP contribution in [-0.4, -0.2) is 30.6 Å². The molecule has 0 N–H and O–H groups in total. The van der Waals surface area contributed by atoms with Crippen LogP contribution in [0.4, 0.5) is 0 Å². The van der Waals surface area contributed by atoms with E-state index in [0.29, 0.717) is 18.5 Å². The lowest BCUT2D eigenvalue weighted by Crippen LogP contribution is -2.48. The molecule has 0 spiro atoms. The maximum Gasteiger partial charge on any atom is 0.0301 e. The summed E-state index contributed by atoms with van der Waals surface area (Å²) >= 11 is 0. The summed E-state index contributed by atoms with van der Waals surface area (Å²) < 4.78 is 0. The van der Waals surface area contributed by atoms with Crippen molar-refractivity contribution >= 4 is 0 Å². The Bertz CT molecular complexity index is 232. The molecule has 0 unspecified atom stereocenters. The van der Waals surface area contributed by atoms with Crippen LogP contribution in [-0.2, 0) is 0 Å². The van der Waals surface area contributed by atoms with Gasteiger partial charge in [0.1, 0.15) is 0 Å². The Kier molecular flexibility index (Phi) is 3.27. The van der Waals surface area contributed by atoms with Crippen molar-refractivity contribution in [1.29, 1.82) is 0 Å². The van der Waals surface area contributed by atoms with Gasteiger partial charge in [-0.1, -0.05) is 11.5 Å². The van der Waals surface area contributed by atoms with Gasteiger partial charge in [-0.3, -0.25) is 0 Å². The van der Waals surface area contributed by atoms with E-state index in [-0.39, 0.29) is 0 Å². The second-order valence-electron chi connectivity index (χ2n) is 4.41. The summed E-state index contributed by atoms with van der Waals surface area (Å²) in [4.78, 5) is 5.48. The van der Waals surface area contributed by atoms with Crippen molar-refractivity contribution in [3.8, 4) is 0 Å². The topological polar surface area (TPSA) is 52.0 Å². The number of hydrogen-bond acceptors (Lipinski definition) is 2. The summed E-state index contributed by atoms with van der Waals surface area (Å²) in [7, 11) is 0. The van der Waals surface area contributed by atoms with Gasteiger partial charge in [0.25, 0.3) is 0 Å². The Hall–Kier alpha value is -0.730. The minimum Gasteiger partial charge on any atom is -0.300 e. The van der Waals surface area contributed by atoms with Crippen molar-refractivity contribution in [1.82, 2.24) is 4.90 Å². The highest BCUT2D eigenvalue weighted by Gasteiger charge is 2.32. The van der Waals surface area contributed by atoms with Crippen LogP contribution < -0.4 is 0 Å². The van der Waals surface area contributed by atoms with Gasteiger partial charge in [0.2, 0.25) is 0 Å². The summed E-state index contributed by atoms with van der Waals surface area (Å²) in [5.41, 5.74) is 8.34. The lowest BCUT2D eigenvalue weighted by molar-refractivity contribution is 0.0632. The van der Waals surface area contributed by atoms with Crippen LogP contribution in [0.3, 0.4) is 0 Å². The van der Waals surface area contributed by atoms with Gasteiger partial charge in [-0.25, -0.2) is 0 Å². The van der Waals surface area contributed by atoms with E-state index in [1.54, 1.807) is 0 Å². The summed E-state index contributed by atoms with van der Waals surface area (Å²) in [5, 5.41) is 3.74. The minimum absolute atomic E-state index is 0.625. The van der Waals surface area contributed by atoms with Gasteiger partial charge in [-0.2, -0.15) is 0 Å². The molecule has 0 aromatic carbocycles. The van der Waals surface area contributed by atoms with Crippen molar-refractivity contribution in [2.45, 2.75) is 38.1 Å². The molecule has 2 heterocycles. The molecule has 2 atom stereocenters. The fourth-order valence-electron chi connectivity index (χ4n) is 2.93. The minimum atomic E-state index is 0.625. The lowest BCUT2D eigenvalue weighted by Gasteiger charge is -2.44. The van der Waals surface area contributed by atoms with Gasteiger partial charge >= 0.3 is 0 Å². The van der Waals surface area contributed by atoms with E-state index in [4.69, 9.17) is 5.53 Å². The molecule has 4 heteroatoms. The molecule has 0 aromatic heterocycles. The number of rotatable bonds is 2. The van der Waals surface area contributed by atoms with E-state index < -0.39 is 0 Å². The highest BCUT2D eigenvalue weighted by atomic mass is 15.2. The van der Waals surface area contributed by atoms with E-state index in [1.165, 1.54) is 45.2 Å². The van der Waals surface area contributed by atoms with Crippen LogP contribution >= 0.6 is 0 Å². The Morgan fingerprint density at radius 3 is 2.93 bits per heavy atom. The smallest absolute Gasteiger partial charge is 0.0301 e. The summed E-state index contributed by atoms with van der Waals surface area (Å²) in [5.74, 6) is 0.625. The second-order valence-corrected chi connectivity index (χ2v) is 4.41. The molecule has 0 saturated carbocycles. The summed E-state index contributed by atoms with van der Waals surface area (Å²) in [6.45, 7) is 3.23. The first-order valence-electron chi connectivity index (χ1n) is 5.66. The van der Waals surface area contributed by atoms with Crippen LogP contribution in [0, 0.1) is 5.92 Å². The van der Waals surface area contributed by atoms with Crippen molar-refractivity contribution in [2.24, 2.45) is 11.0 Å². The molecular formula is C10H18N4. The Morgan fingerprint density at radius 1 is 1.21 bits per heavy atom. The molecule has 2 saturated heterocycles. The fraction of sp³-hybridized carbons (Fsp3) is 1.00. The third-order valence-corrected chi connectivity index (χ3v) is 3.61. The number of fused-ring (bicyclic) bond motifs is 1. The molecule has 0 aromatic rings. The molecule has 2 fully saturated rings. The van der Waals surface area contributed by atoms with E-state index in [1.807, 2.05) is 0 Å². The van der Waals surface area contributed by atoms with Gasteiger partial charge in [0.15, 0.2) is 0 Å². The first-order chi connectivity index (χ1) is 6.92. The highest BCUT2D eigenvalue weighted by Crippen LogP contribution is 2.30. The first-order valence-corrected chi connectivity index (χ1v) is 5.66. The molecule has 14 heavy (non-hydrogen) atoms. The summed E-state index contributed by atoms with van der Waals surface area (Å²) in [6, 6.07) is 0.711. The zero-order valence-corrected chi connectivity index (χ0v) is 8.60. The van der Waals surface area contributed by atoms with Gasteiger partial charge in [0, 0.05) is 17.5 Å². The van der Waals surface area contributed by atoms with Gasteiger partial charge < -0.3 is 4.90 Å². The van der Waals surface area contributed by atoms with E-state index >= 15 is 0 Å². The van der Waals surface area contributed by atoms with Crippen LogP contribution in [0.5, 0.6) is 0 Å². The van der Waals surface area contributed by atoms with E-state index in [2.05, 4.69) is 14.9 Å². The van der Waals surface area contributed by atoms with Gasteiger partial charge in [0.05, 0.1) is 0 Å². The van der Waals surface area contributed by atoms with E-state index in [0.717, 1.165) is 0 Å². The normalized spacial score (nSPS) is 33.1. The average molecular weight is 194 g/mol. The number of piperidine rings is 2. The SMILES string of the molecule is [N-]=[N+]=NC[C@H]1CCCN2CCCC[C@@H]12. The van der Waals surface area contributed by atoms with Gasteiger partial charge in [-0.15, -0.1) is 0 Å². The van der Waals surface area contributed by atoms with Crippen LogP contribution in [0.25, 0.3) is 10.4 Å². The third kappa shape index (κ3) is 2.02. The zero-order chi connectivity index (χ0) is 9.80. The molecule has 0 radical (unpaired) electrons. The van der Waals surface area contributed by atoms with Crippen LogP contribution in [0.2, 0.25) is 0 Å². The number of hydrogen-bond donors (Lipinski definition) is 0. The predicted octanol–water partition coefficient (Wildman–Crippen LogP) is 2.56. The molecule has 2 aliphatic rings. The van der Waals surface area contributed by atoms with Gasteiger partial charge in [-0.05, 0) is 50.2 Å². The Labute approximate surface area is 84.9 Å². The largest absolute Gasteiger partial charge is 0.300 e. The first kappa shape index (κ1) is 9.81. The monoisotopic (exact) mass is 194 g/mol. The zero-order valence-electron chi connectivity index (χ0n) is 8.60. The van der Waals surface area contributed by atoms with Crippen LogP contribution in [0.1, 0.15) is 32.1 Å². The van der Waals surface area contributed by atoms with Crippen LogP contribution in [0.15, 0.2) is 5.11 Å². The lowest BCUT2D eigenvalue weighted by atomic mass is 9.84. The predicted molar refractivity (Wildman–Crippen MR) is 55.9 cm³/mol. The quantitative estimate of drug-likeness (QED) is 0.378. The molecule has 4 nitrogen and oxygen atoms in total. The second kappa shape index (κ2) is 4.67. The Morgan fingerprint density at radius 2 is 2.07 bits per heavy atom. The number of azide groups is 1. The van der Waals surface area contributed by atoms with Crippen molar-refractivity contribution in [3.63, 3.8) is 0 Å². The Balaban J connectivity index is 1.97. The maximum atomic E-state index is 8.34. The highest BCUT2D eigenvalue weighted by molar-refractivity contribution is 4.87. The molecule has 2 rings (SSSR count). The molecule has 0 bridgehead atoms. The standard InChI is InChI=1S/C10H18N4/c11-13-12-8-9-4-3-7-14-6-2-1-5-10(9)14/h9-10H,1-8H2/t9-,10+/m1/s1.